The first-order valence-electron chi connectivity index (χ1n) is 4.60. The molecule has 1 fully saturated rings. The lowest BCUT2D eigenvalue weighted by Gasteiger charge is -2.00. The van der Waals surface area contributed by atoms with Gasteiger partial charge in [0.15, 0.2) is 0 Å². The van der Waals surface area contributed by atoms with Crippen LogP contribution < -0.4 is 0 Å². The summed E-state index contributed by atoms with van der Waals surface area (Å²) in [5.41, 5.74) is 0. The van der Waals surface area contributed by atoms with Crippen molar-refractivity contribution in [1.82, 2.24) is 0 Å². The third-order valence-corrected chi connectivity index (χ3v) is 1.86. The molecule has 0 radical (unpaired) electrons. The highest BCUT2D eigenvalue weighted by Gasteiger charge is 2.21. The molecule has 0 N–H and O–H groups in total. The minimum Gasteiger partial charge on any atom is -0.466 e. The Bertz CT molecular complexity index is 141. The van der Waals surface area contributed by atoms with E-state index in [2.05, 4.69) is 0 Å². The van der Waals surface area contributed by atoms with Crippen LogP contribution in [0.2, 0.25) is 0 Å². The summed E-state index contributed by atoms with van der Waals surface area (Å²) in [6.07, 6.45) is 4.15. The van der Waals surface area contributed by atoms with Crippen molar-refractivity contribution in [3.63, 3.8) is 0 Å². The van der Waals surface area contributed by atoms with Crippen molar-refractivity contribution >= 4 is 5.97 Å². The molecule has 12 heavy (non-hydrogen) atoms. The van der Waals surface area contributed by atoms with E-state index in [-0.39, 0.29) is 5.97 Å². The fourth-order valence-corrected chi connectivity index (χ4v) is 1.11. The number of hydrogen-bond donors (Lipinski definition) is 0. The summed E-state index contributed by atoms with van der Waals surface area (Å²) in [6, 6.07) is 0. The number of unbranched alkanes of at least 4 members (excludes halogenated alkanes) is 1. The molecule has 70 valence electrons. The van der Waals surface area contributed by atoms with Crippen molar-refractivity contribution in [3.8, 4) is 0 Å². The van der Waals surface area contributed by atoms with E-state index in [1.54, 1.807) is 0 Å². The van der Waals surface area contributed by atoms with E-state index in [4.69, 9.17) is 9.47 Å². The predicted octanol–water partition coefficient (Wildman–Crippen LogP) is 1.51. The van der Waals surface area contributed by atoms with Gasteiger partial charge in [0.25, 0.3) is 0 Å². The highest BCUT2D eigenvalue weighted by Crippen LogP contribution is 2.17. The standard InChI is InChI=1S/C9H16O3/c1-2-11-9(10)6-4-3-5-8-7-12-8/h8H,2-7H2,1H3. The van der Waals surface area contributed by atoms with Crippen LogP contribution in [0.3, 0.4) is 0 Å². The van der Waals surface area contributed by atoms with Crippen LogP contribution in [-0.2, 0) is 14.3 Å². The van der Waals surface area contributed by atoms with Gasteiger partial charge in [0.2, 0.25) is 0 Å². The minimum absolute atomic E-state index is 0.0748. The Kier molecular flexibility index (Phi) is 4.08. The largest absolute Gasteiger partial charge is 0.466 e. The summed E-state index contributed by atoms with van der Waals surface area (Å²) in [4.78, 5) is 10.8. The average molecular weight is 172 g/mol. The molecular weight excluding hydrogens is 156 g/mol. The van der Waals surface area contributed by atoms with Crippen LogP contribution in [0.4, 0.5) is 0 Å². The van der Waals surface area contributed by atoms with E-state index in [1.807, 2.05) is 6.92 Å². The Labute approximate surface area is 73.0 Å². The van der Waals surface area contributed by atoms with Gasteiger partial charge in [-0.1, -0.05) is 6.42 Å². The van der Waals surface area contributed by atoms with Gasteiger partial charge in [-0.2, -0.15) is 0 Å². The normalized spacial score (nSPS) is 20.6. The summed E-state index contributed by atoms with van der Waals surface area (Å²) < 4.78 is 9.84. The smallest absolute Gasteiger partial charge is 0.305 e. The summed E-state index contributed by atoms with van der Waals surface area (Å²) in [7, 11) is 0. The molecule has 1 aliphatic heterocycles. The van der Waals surface area contributed by atoms with E-state index in [0.29, 0.717) is 19.1 Å². The van der Waals surface area contributed by atoms with Gasteiger partial charge in [0.05, 0.1) is 19.3 Å². The molecule has 1 saturated heterocycles. The first-order chi connectivity index (χ1) is 5.83. The Morgan fingerprint density at radius 2 is 2.33 bits per heavy atom. The fraction of sp³-hybridized carbons (Fsp3) is 0.889. The van der Waals surface area contributed by atoms with Gasteiger partial charge in [0.1, 0.15) is 0 Å². The van der Waals surface area contributed by atoms with Crippen LogP contribution in [0, 0.1) is 0 Å². The van der Waals surface area contributed by atoms with Crippen LogP contribution >= 0.6 is 0 Å². The third-order valence-electron chi connectivity index (χ3n) is 1.86. The Balaban J connectivity index is 1.83. The lowest BCUT2D eigenvalue weighted by atomic mass is 10.1. The Morgan fingerprint density at radius 1 is 1.58 bits per heavy atom. The third kappa shape index (κ3) is 4.34. The van der Waals surface area contributed by atoms with E-state index in [1.165, 1.54) is 0 Å². The van der Waals surface area contributed by atoms with Crippen molar-refractivity contribution in [3.05, 3.63) is 0 Å². The molecule has 0 aromatic rings. The molecule has 0 aromatic carbocycles. The summed E-state index contributed by atoms with van der Waals surface area (Å²) >= 11 is 0. The molecule has 1 unspecified atom stereocenters. The lowest BCUT2D eigenvalue weighted by molar-refractivity contribution is -0.143. The van der Waals surface area contributed by atoms with Gasteiger partial charge < -0.3 is 9.47 Å². The second kappa shape index (κ2) is 5.14. The predicted molar refractivity (Wildman–Crippen MR) is 44.8 cm³/mol. The van der Waals surface area contributed by atoms with E-state index in [9.17, 15) is 4.79 Å². The number of hydrogen-bond acceptors (Lipinski definition) is 3. The molecule has 0 bridgehead atoms. The summed E-state index contributed by atoms with van der Waals surface area (Å²) in [5.74, 6) is -0.0748. The number of carbonyl (C=O) groups is 1. The number of ether oxygens (including phenoxy) is 2. The van der Waals surface area contributed by atoms with E-state index < -0.39 is 0 Å². The van der Waals surface area contributed by atoms with Crippen molar-refractivity contribution in [2.45, 2.75) is 38.7 Å². The highest BCUT2D eigenvalue weighted by molar-refractivity contribution is 5.69. The van der Waals surface area contributed by atoms with Crippen LogP contribution in [0.1, 0.15) is 32.6 Å². The zero-order chi connectivity index (χ0) is 8.81. The topological polar surface area (TPSA) is 38.8 Å². The molecule has 1 atom stereocenters. The maximum absolute atomic E-state index is 10.8. The first-order valence-corrected chi connectivity index (χ1v) is 4.60. The second-order valence-electron chi connectivity index (χ2n) is 3.01. The van der Waals surface area contributed by atoms with Gasteiger partial charge in [0, 0.05) is 6.42 Å². The average Bonchev–Trinajstić information content (AvgIpc) is 2.82. The number of carbonyl (C=O) groups excluding carboxylic acids is 1. The summed E-state index contributed by atoms with van der Waals surface area (Å²) in [5, 5.41) is 0. The number of epoxide rings is 1. The van der Waals surface area contributed by atoms with Crippen molar-refractivity contribution in [2.24, 2.45) is 0 Å². The number of rotatable bonds is 6. The molecule has 1 rings (SSSR count). The van der Waals surface area contributed by atoms with Gasteiger partial charge in [-0.15, -0.1) is 0 Å². The van der Waals surface area contributed by atoms with Gasteiger partial charge in [-0.3, -0.25) is 4.79 Å². The number of esters is 1. The minimum atomic E-state index is -0.0748. The Hall–Kier alpha value is -0.570. The maximum Gasteiger partial charge on any atom is 0.305 e. The van der Waals surface area contributed by atoms with E-state index in [0.717, 1.165) is 25.9 Å². The monoisotopic (exact) mass is 172 g/mol. The van der Waals surface area contributed by atoms with E-state index >= 15 is 0 Å². The van der Waals surface area contributed by atoms with Gasteiger partial charge in [-0.25, -0.2) is 0 Å². The molecule has 3 nitrogen and oxygen atoms in total. The Morgan fingerprint density at radius 3 is 2.92 bits per heavy atom. The van der Waals surface area contributed by atoms with Gasteiger partial charge >= 0.3 is 5.97 Å². The molecule has 0 spiro atoms. The second-order valence-corrected chi connectivity index (χ2v) is 3.01. The molecule has 0 aliphatic carbocycles. The van der Waals surface area contributed by atoms with Gasteiger partial charge in [-0.05, 0) is 19.8 Å². The quantitative estimate of drug-likeness (QED) is 0.346. The molecule has 3 heteroatoms. The SMILES string of the molecule is CCOC(=O)CCCCC1CO1. The summed E-state index contributed by atoms with van der Waals surface area (Å²) in [6.45, 7) is 3.24. The zero-order valence-electron chi connectivity index (χ0n) is 7.54. The fourth-order valence-electron chi connectivity index (χ4n) is 1.11. The van der Waals surface area contributed by atoms with Crippen LogP contribution in [0.5, 0.6) is 0 Å². The molecule has 1 heterocycles. The zero-order valence-corrected chi connectivity index (χ0v) is 7.54. The lowest BCUT2D eigenvalue weighted by Crippen LogP contribution is -2.03. The molecule has 0 aromatic heterocycles. The maximum atomic E-state index is 10.8. The van der Waals surface area contributed by atoms with Crippen LogP contribution in [-0.4, -0.2) is 25.3 Å². The van der Waals surface area contributed by atoms with Crippen molar-refractivity contribution < 1.29 is 14.3 Å². The van der Waals surface area contributed by atoms with Crippen LogP contribution in [0.25, 0.3) is 0 Å². The first kappa shape index (κ1) is 9.52. The molecule has 0 saturated carbocycles. The highest BCUT2D eigenvalue weighted by atomic mass is 16.6. The van der Waals surface area contributed by atoms with Crippen molar-refractivity contribution in [1.29, 1.82) is 0 Å². The molecular formula is C9H16O3. The molecule has 1 aliphatic rings. The van der Waals surface area contributed by atoms with Crippen molar-refractivity contribution in [2.75, 3.05) is 13.2 Å². The van der Waals surface area contributed by atoms with Crippen LogP contribution in [0.15, 0.2) is 0 Å². The molecule has 0 amide bonds.